The molecule has 0 unspecified atom stereocenters. The van der Waals surface area contributed by atoms with Gasteiger partial charge in [0, 0.05) is 34.8 Å². The highest BCUT2D eigenvalue weighted by molar-refractivity contribution is 9.10. The summed E-state index contributed by atoms with van der Waals surface area (Å²) in [5.74, 6) is 0.403. The van der Waals surface area contributed by atoms with Crippen molar-refractivity contribution in [2.45, 2.75) is 0 Å². The van der Waals surface area contributed by atoms with Gasteiger partial charge in [-0.2, -0.15) is 0 Å². The van der Waals surface area contributed by atoms with Crippen molar-refractivity contribution in [3.63, 3.8) is 0 Å². The van der Waals surface area contributed by atoms with Crippen LogP contribution in [-0.2, 0) is 4.79 Å². The number of anilines is 2. The standard InChI is InChI=1S/C24H19BrClN3O/c1-28(2)20-12-6-16(7-13-20)14-22-24(30)29(21-5-3-4-18(25)15-21)23(27-22)17-8-10-19(26)11-9-17/h3-15H,1-2H3/b22-14+. The molecule has 4 rings (SSSR count). The van der Waals surface area contributed by atoms with Crippen molar-refractivity contribution in [3.8, 4) is 0 Å². The first kappa shape index (κ1) is 20.4. The van der Waals surface area contributed by atoms with E-state index in [1.54, 1.807) is 17.0 Å². The van der Waals surface area contributed by atoms with Crippen LogP contribution in [0.4, 0.5) is 11.4 Å². The summed E-state index contributed by atoms with van der Waals surface area (Å²) < 4.78 is 0.889. The number of carbonyl (C=O) groups is 1. The Morgan fingerprint density at radius 3 is 2.33 bits per heavy atom. The molecular weight excluding hydrogens is 462 g/mol. The Labute approximate surface area is 189 Å². The van der Waals surface area contributed by atoms with Gasteiger partial charge in [0.25, 0.3) is 5.91 Å². The number of benzene rings is 3. The smallest absolute Gasteiger partial charge is 0.282 e. The first-order valence-corrected chi connectivity index (χ1v) is 10.5. The number of aliphatic imine (C=N–C) groups is 1. The molecule has 0 aliphatic carbocycles. The molecule has 6 heteroatoms. The maximum absolute atomic E-state index is 13.3. The number of hydrogen-bond acceptors (Lipinski definition) is 3. The van der Waals surface area contributed by atoms with Crippen molar-refractivity contribution in [1.29, 1.82) is 0 Å². The third-order valence-electron chi connectivity index (χ3n) is 4.74. The second-order valence-corrected chi connectivity index (χ2v) is 8.43. The van der Waals surface area contributed by atoms with Gasteiger partial charge in [-0.3, -0.25) is 9.69 Å². The Morgan fingerprint density at radius 2 is 1.70 bits per heavy atom. The molecule has 0 aromatic heterocycles. The van der Waals surface area contributed by atoms with E-state index in [0.717, 1.165) is 27.0 Å². The first-order chi connectivity index (χ1) is 14.4. The van der Waals surface area contributed by atoms with Gasteiger partial charge in [-0.05, 0) is 66.2 Å². The Kier molecular flexibility index (Phi) is 5.75. The summed E-state index contributed by atoms with van der Waals surface area (Å²) >= 11 is 9.54. The maximum atomic E-state index is 13.3. The molecule has 0 radical (unpaired) electrons. The van der Waals surface area contributed by atoms with Crippen molar-refractivity contribution in [2.75, 3.05) is 23.9 Å². The highest BCUT2D eigenvalue weighted by Crippen LogP contribution is 2.30. The number of amides is 1. The fourth-order valence-electron chi connectivity index (χ4n) is 3.19. The van der Waals surface area contributed by atoms with Gasteiger partial charge in [0.2, 0.25) is 0 Å². The van der Waals surface area contributed by atoms with E-state index in [4.69, 9.17) is 16.6 Å². The van der Waals surface area contributed by atoms with E-state index in [0.29, 0.717) is 16.6 Å². The molecule has 3 aromatic carbocycles. The maximum Gasteiger partial charge on any atom is 0.282 e. The van der Waals surface area contributed by atoms with Crippen LogP contribution in [0.5, 0.6) is 0 Å². The van der Waals surface area contributed by atoms with Crippen LogP contribution in [0.2, 0.25) is 5.02 Å². The monoisotopic (exact) mass is 479 g/mol. The highest BCUT2D eigenvalue weighted by atomic mass is 79.9. The molecule has 4 nitrogen and oxygen atoms in total. The minimum Gasteiger partial charge on any atom is -0.378 e. The molecular formula is C24H19BrClN3O. The topological polar surface area (TPSA) is 35.9 Å². The minimum absolute atomic E-state index is 0.172. The molecule has 1 aliphatic heterocycles. The van der Waals surface area contributed by atoms with E-state index < -0.39 is 0 Å². The molecule has 1 aliphatic rings. The summed E-state index contributed by atoms with van der Waals surface area (Å²) in [5, 5.41) is 0.634. The Balaban J connectivity index is 1.78. The van der Waals surface area contributed by atoms with Gasteiger partial charge in [0.15, 0.2) is 0 Å². The van der Waals surface area contributed by atoms with E-state index >= 15 is 0 Å². The molecule has 3 aromatic rings. The molecule has 0 N–H and O–H groups in total. The molecule has 0 bridgehead atoms. The third kappa shape index (κ3) is 4.18. The number of rotatable bonds is 4. The average Bonchev–Trinajstić information content (AvgIpc) is 3.05. The molecule has 0 atom stereocenters. The van der Waals surface area contributed by atoms with E-state index in [2.05, 4.69) is 15.9 Å². The Hall–Kier alpha value is -2.89. The predicted molar refractivity (Wildman–Crippen MR) is 128 cm³/mol. The summed E-state index contributed by atoms with van der Waals surface area (Å²) in [6.45, 7) is 0. The lowest BCUT2D eigenvalue weighted by Crippen LogP contribution is -2.32. The van der Waals surface area contributed by atoms with Crippen molar-refractivity contribution < 1.29 is 4.79 Å². The fourth-order valence-corrected chi connectivity index (χ4v) is 3.70. The van der Waals surface area contributed by atoms with Gasteiger partial charge in [0.1, 0.15) is 11.5 Å². The van der Waals surface area contributed by atoms with Crippen LogP contribution < -0.4 is 9.80 Å². The third-order valence-corrected chi connectivity index (χ3v) is 5.49. The van der Waals surface area contributed by atoms with Gasteiger partial charge in [0.05, 0.1) is 5.69 Å². The first-order valence-electron chi connectivity index (χ1n) is 9.36. The van der Waals surface area contributed by atoms with E-state index in [9.17, 15) is 4.79 Å². The van der Waals surface area contributed by atoms with Crippen LogP contribution in [-0.4, -0.2) is 25.8 Å². The highest BCUT2D eigenvalue weighted by Gasteiger charge is 2.32. The Bertz CT molecular complexity index is 1150. The lowest BCUT2D eigenvalue weighted by atomic mass is 10.1. The van der Waals surface area contributed by atoms with Crippen LogP contribution in [0.1, 0.15) is 11.1 Å². The van der Waals surface area contributed by atoms with Crippen molar-refractivity contribution >= 4 is 56.7 Å². The predicted octanol–water partition coefficient (Wildman–Crippen LogP) is 6.00. The SMILES string of the molecule is CN(C)c1ccc(/C=C2/N=C(c3ccc(Cl)cc3)N(c3cccc(Br)c3)C2=O)cc1. The van der Waals surface area contributed by atoms with Crippen LogP contribution in [0.15, 0.2) is 88.0 Å². The van der Waals surface area contributed by atoms with Crippen LogP contribution in [0, 0.1) is 0 Å². The zero-order chi connectivity index (χ0) is 21.3. The zero-order valence-corrected chi connectivity index (χ0v) is 18.9. The molecule has 0 fully saturated rings. The molecule has 30 heavy (non-hydrogen) atoms. The van der Waals surface area contributed by atoms with Gasteiger partial charge in [-0.25, -0.2) is 4.99 Å². The summed E-state index contributed by atoms with van der Waals surface area (Å²) in [5.41, 5.74) is 3.96. The molecule has 1 heterocycles. The zero-order valence-electron chi connectivity index (χ0n) is 16.5. The normalized spacial score (nSPS) is 14.9. The summed E-state index contributed by atoms with van der Waals surface area (Å²) in [6.07, 6.45) is 1.82. The van der Waals surface area contributed by atoms with Crippen LogP contribution in [0.25, 0.3) is 6.08 Å². The second kappa shape index (κ2) is 8.46. The quantitative estimate of drug-likeness (QED) is 0.429. The van der Waals surface area contributed by atoms with Gasteiger partial charge in [-0.1, -0.05) is 45.7 Å². The van der Waals surface area contributed by atoms with Crippen LogP contribution >= 0.6 is 27.5 Å². The van der Waals surface area contributed by atoms with Gasteiger partial charge in [-0.15, -0.1) is 0 Å². The second-order valence-electron chi connectivity index (χ2n) is 7.08. The number of amidine groups is 1. The lowest BCUT2D eigenvalue weighted by Gasteiger charge is -2.19. The number of halogens is 2. The van der Waals surface area contributed by atoms with Crippen LogP contribution in [0.3, 0.4) is 0 Å². The largest absolute Gasteiger partial charge is 0.378 e. The van der Waals surface area contributed by atoms with E-state index in [1.165, 1.54) is 0 Å². The van der Waals surface area contributed by atoms with Crippen molar-refractivity contribution in [1.82, 2.24) is 0 Å². The fraction of sp³-hybridized carbons (Fsp3) is 0.0833. The minimum atomic E-state index is -0.172. The Morgan fingerprint density at radius 1 is 1.00 bits per heavy atom. The average molecular weight is 481 g/mol. The van der Waals surface area contributed by atoms with Crippen molar-refractivity contribution in [3.05, 3.63) is 99.1 Å². The molecule has 0 saturated heterocycles. The summed E-state index contributed by atoms with van der Waals surface area (Å²) in [6, 6.07) is 22.9. The summed E-state index contributed by atoms with van der Waals surface area (Å²) in [4.78, 5) is 21.7. The number of nitrogens with zero attached hydrogens (tertiary/aromatic N) is 3. The van der Waals surface area contributed by atoms with Crippen molar-refractivity contribution in [2.24, 2.45) is 4.99 Å². The number of hydrogen-bond donors (Lipinski definition) is 0. The lowest BCUT2D eigenvalue weighted by molar-refractivity contribution is -0.113. The summed E-state index contributed by atoms with van der Waals surface area (Å²) in [7, 11) is 3.99. The van der Waals surface area contributed by atoms with E-state index in [1.807, 2.05) is 85.7 Å². The van der Waals surface area contributed by atoms with Gasteiger partial charge >= 0.3 is 0 Å². The molecule has 0 spiro atoms. The van der Waals surface area contributed by atoms with E-state index in [-0.39, 0.29) is 5.91 Å². The molecule has 150 valence electrons. The molecule has 1 amide bonds. The number of carbonyl (C=O) groups excluding carboxylic acids is 1. The van der Waals surface area contributed by atoms with Gasteiger partial charge < -0.3 is 4.90 Å². The molecule has 0 saturated carbocycles.